The normalized spacial score (nSPS) is 10.1. The van der Waals surface area contributed by atoms with Gasteiger partial charge in [0.25, 0.3) is 5.91 Å². The van der Waals surface area contributed by atoms with Crippen molar-refractivity contribution in [2.45, 2.75) is 6.42 Å². The van der Waals surface area contributed by atoms with Crippen molar-refractivity contribution in [1.29, 1.82) is 0 Å². The molecule has 2 rings (SSSR count). The Labute approximate surface area is 115 Å². The van der Waals surface area contributed by atoms with Crippen molar-refractivity contribution in [2.75, 3.05) is 6.54 Å². The number of hydrogen-bond donors (Lipinski definition) is 2. The zero-order valence-corrected chi connectivity index (χ0v) is 10.8. The molecular formula is C12H12N4O2S. The van der Waals surface area contributed by atoms with E-state index < -0.39 is 0 Å². The fraction of sp³-hybridized carbons (Fsp3) is 0.167. The predicted octanol–water partition coefficient (Wildman–Crippen LogP) is 0.676. The summed E-state index contributed by atoms with van der Waals surface area (Å²) in [4.78, 5) is 16.0. The van der Waals surface area contributed by atoms with Gasteiger partial charge in [0.1, 0.15) is 4.99 Å². The number of rotatable bonds is 5. The third kappa shape index (κ3) is 3.59. The van der Waals surface area contributed by atoms with Gasteiger partial charge in [-0.3, -0.25) is 4.79 Å². The van der Waals surface area contributed by atoms with E-state index in [2.05, 4.69) is 20.0 Å². The van der Waals surface area contributed by atoms with Crippen LogP contribution in [-0.2, 0) is 6.42 Å². The Morgan fingerprint density at radius 1 is 1.32 bits per heavy atom. The molecule has 0 bridgehead atoms. The second-order valence-electron chi connectivity index (χ2n) is 3.79. The van der Waals surface area contributed by atoms with Crippen LogP contribution in [0.5, 0.6) is 0 Å². The molecule has 0 aliphatic carbocycles. The lowest BCUT2D eigenvalue weighted by Crippen LogP contribution is -2.26. The van der Waals surface area contributed by atoms with Crippen LogP contribution in [-0.4, -0.2) is 27.6 Å². The summed E-state index contributed by atoms with van der Waals surface area (Å²) in [5.41, 5.74) is 6.77. The van der Waals surface area contributed by atoms with Gasteiger partial charge in [-0.25, -0.2) is 0 Å². The fourth-order valence-corrected chi connectivity index (χ4v) is 1.61. The van der Waals surface area contributed by atoms with Gasteiger partial charge in [-0.2, -0.15) is 4.98 Å². The minimum absolute atomic E-state index is 0.169. The van der Waals surface area contributed by atoms with Crippen molar-refractivity contribution < 1.29 is 9.32 Å². The topological polar surface area (TPSA) is 94.0 Å². The number of carbonyl (C=O) groups is 1. The summed E-state index contributed by atoms with van der Waals surface area (Å²) in [6.07, 6.45) is 1.78. The van der Waals surface area contributed by atoms with Crippen LogP contribution in [0.4, 0.5) is 0 Å². The van der Waals surface area contributed by atoms with Crippen LogP contribution in [0.2, 0.25) is 0 Å². The maximum atomic E-state index is 11.8. The van der Waals surface area contributed by atoms with Crippen molar-refractivity contribution in [2.24, 2.45) is 5.73 Å². The molecule has 1 heterocycles. The lowest BCUT2D eigenvalue weighted by molar-refractivity contribution is 0.0954. The average molecular weight is 276 g/mol. The van der Waals surface area contributed by atoms with E-state index in [0.717, 1.165) is 5.56 Å². The average Bonchev–Trinajstić information content (AvgIpc) is 2.92. The SMILES string of the molecule is NC(=S)c1ccc(C(=O)NCCc2ncon2)cc1. The van der Waals surface area contributed by atoms with Gasteiger partial charge < -0.3 is 15.6 Å². The van der Waals surface area contributed by atoms with Crippen LogP contribution >= 0.6 is 12.2 Å². The minimum Gasteiger partial charge on any atom is -0.389 e. The Kier molecular flexibility index (Phi) is 4.19. The van der Waals surface area contributed by atoms with Crippen molar-refractivity contribution >= 4 is 23.1 Å². The molecule has 0 spiro atoms. The van der Waals surface area contributed by atoms with Crippen LogP contribution in [0.25, 0.3) is 0 Å². The molecule has 0 atom stereocenters. The van der Waals surface area contributed by atoms with Gasteiger partial charge in [0.2, 0.25) is 6.39 Å². The smallest absolute Gasteiger partial charge is 0.251 e. The Morgan fingerprint density at radius 3 is 2.58 bits per heavy atom. The molecule has 19 heavy (non-hydrogen) atoms. The lowest BCUT2D eigenvalue weighted by atomic mass is 10.1. The monoisotopic (exact) mass is 276 g/mol. The number of amides is 1. The predicted molar refractivity (Wildman–Crippen MR) is 72.7 cm³/mol. The molecule has 0 saturated carbocycles. The van der Waals surface area contributed by atoms with Crippen molar-refractivity contribution in [3.05, 3.63) is 47.6 Å². The lowest BCUT2D eigenvalue weighted by Gasteiger charge is -2.04. The summed E-state index contributed by atoms with van der Waals surface area (Å²) in [6.45, 7) is 0.440. The number of nitrogens with zero attached hydrogens (tertiary/aromatic N) is 2. The summed E-state index contributed by atoms with van der Waals surface area (Å²) in [7, 11) is 0. The molecule has 0 aliphatic rings. The van der Waals surface area contributed by atoms with Crippen molar-refractivity contribution in [3.8, 4) is 0 Å². The molecule has 2 aromatic rings. The van der Waals surface area contributed by atoms with Gasteiger partial charge in [-0.05, 0) is 12.1 Å². The fourth-order valence-electron chi connectivity index (χ4n) is 1.48. The van der Waals surface area contributed by atoms with E-state index in [9.17, 15) is 4.79 Å². The first-order chi connectivity index (χ1) is 9.16. The molecule has 7 heteroatoms. The number of nitrogens with one attached hydrogen (secondary N) is 1. The quantitative estimate of drug-likeness (QED) is 0.780. The largest absolute Gasteiger partial charge is 0.389 e. The van der Waals surface area contributed by atoms with Gasteiger partial charge in [0.15, 0.2) is 5.82 Å². The molecule has 98 valence electrons. The molecule has 0 saturated heterocycles. The molecule has 0 aliphatic heterocycles. The van der Waals surface area contributed by atoms with Crippen molar-refractivity contribution in [3.63, 3.8) is 0 Å². The van der Waals surface area contributed by atoms with E-state index in [1.807, 2.05) is 0 Å². The molecular weight excluding hydrogens is 264 g/mol. The highest BCUT2D eigenvalue weighted by Crippen LogP contribution is 2.04. The Bertz CT molecular complexity index is 566. The highest BCUT2D eigenvalue weighted by atomic mass is 32.1. The van der Waals surface area contributed by atoms with Crippen LogP contribution in [0.1, 0.15) is 21.7 Å². The van der Waals surface area contributed by atoms with Crippen LogP contribution in [0.15, 0.2) is 35.2 Å². The molecule has 0 radical (unpaired) electrons. The first-order valence-corrected chi connectivity index (χ1v) is 6.01. The van der Waals surface area contributed by atoms with Crippen LogP contribution < -0.4 is 11.1 Å². The molecule has 3 N–H and O–H groups in total. The minimum atomic E-state index is -0.169. The summed E-state index contributed by atoms with van der Waals surface area (Å²) >= 11 is 4.84. The highest BCUT2D eigenvalue weighted by Gasteiger charge is 2.06. The molecule has 1 amide bonds. The van der Waals surface area contributed by atoms with E-state index in [-0.39, 0.29) is 5.91 Å². The zero-order valence-electron chi connectivity index (χ0n) is 10.00. The van der Waals surface area contributed by atoms with Gasteiger partial charge in [0.05, 0.1) is 0 Å². The first kappa shape index (κ1) is 13.2. The van der Waals surface area contributed by atoms with E-state index in [1.54, 1.807) is 24.3 Å². The van der Waals surface area contributed by atoms with Gasteiger partial charge >= 0.3 is 0 Å². The summed E-state index contributed by atoms with van der Waals surface area (Å²) < 4.78 is 4.59. The Hall–Kier alpha value is -2.28. The summed E-state index contributed by atoms with van der Waals surface area (Å²) in [6, 6.07) is 6.79. The highest BCUT2D eigenvalue weighted by molar-refractivity contribution is 7.80. The Morgan fingerprint density at radius 2 is 2.00 bits per heavy atom. The van der Waals surface area contributed by atoms with Crippen LogP contribution in [0, 0.1) is 0 Å². The number of hydrogen-bond acceptors (Lipinski definition) is 5. The second-order valence-corrected chi connectivity index (χ2v) is 4.23. The van der Waals surface area contributed by atoms with Gasteiger partial charge in [-0.15, -0.1) is 0 Å². The van der Waals surface area contributed by atoms with E-state index in [0.29, 0.717) is 29.3 Å². The third-order valence-corrected chi connectivity index (χ3v) is 2.71. The number of nitrogens with two attached hydrogens (primary N) is 1. The first-order valence-electron chi connectivity index (χ1n) is 5.60. The molecule has 1 aromatic carbocycles. The van der Waals surface area contributed by atoms with Gasteiger partial charge in [0, 0.05) is 24.1 Å². The van der Waals surface area contributed by atoms with Crippen molar-refractivity contribution in [1.82, 2.24) is 15.5 Å². The van der Waals surface area contributed by atoms with E-state index >= 15 is 0 Å². The Balaban J connectivity index is 1.87. The molecule has 6 nitrogen and oxygen atoms in total. The maximum Gasteiger partial charge on any atom is 0.251 e. The maximum absolute atomic E-state index is 11.8. The number of aromatic nitrogens is 2. The number of carbonyl (C=O) groups excluding carboxylic acids is 1. The second kappa shape index (κ2) is 6.05. The summed E-state index contributed by atoms with van der Waals surface area (Å²) in [5, 5.41) is 6.41. The summed E-state index contributed by atoms with van der Waals surface area (Å²) in [5.74, 6) is 0.391. The third-order valence-electron chi connectivity index (χ3n) is 2.47. The van der Waals surface area contributed by atoms with Crippen LogP contribution in [0.3, 0.4) is 0 Å². The molecule has 0 fully saturated rings. The molecule has 0 unspecified atom stereocenters. The standard InChI is InChI=1S/C12H12N4O2S/c13-11(19)8-1-3-9(4-2-8)12(17)14-6-5-10-15-7-18-16-10/h1-4,7H,5-6H2,(H2,13,19)(H,14,17). The zero-order chi connectivity index (χ0) is 13.7. The molecule has 1 aromatic heterocycles. The number of thiocarbonyl (C=S) groups is 1. The van der Waals surface area contributed by atoms with Gasteiger partial charge in [-0.1, -0.05) is 29.5 Å². The number of benzene rings is 1. The van der Waals surface area contributed by atoms with E-state index in [4.69, 9.17) is 18.0 Å². The van der Waals surface area contributed by atoms with E-state index in [1.165, 1.54) is 6.39 Å².